The molecule has 3 heterocycles. The van der Waals surface area contributed by atoms with Crippen molar-refractivity contribution >= 4 is 11.9 Å². The number of allylic oxidation sites excluding steroid dienone is 2. The molecule has 416 valence electrons. The number of imidazole rings is 1. The van der Waals surface area contributed by atoms with E-state index >= 15 is 4.79 Å². The molecule has 1 amide bonds. The Labute approximate surface area is 437 Å². The maximum atomic E-state index is 15.1. The van der Waals surface area contributed by atoms with Crippen LogP contribution in [0.5, 0.6) is 0 Å². The Morgan fingerprint density at radius 1 is 0.905 bits per heavy atom. The van der Waals surface area contributed by atoms with Crippen LogP contribution >= 0.6 is 0 Å². The van der Waals surface area contributed by atoms with Crippen molar-refractivity contribution in [1.29, 1.82) is 0 Å². The van der Waals surface area contributed by atoms with Crippen LogP contribution in [0.1, 0.15) is 162 Å². The van der Waals surface area contributed by atoms with Crippen LogP contribution in [-0.4, -0.2) is 144 Å². The summed E-state index contributed by atoms with van der Waals surface area (Å²) in [6.07, 6.45) is 9.65. The Bertz CT molecular complexity index is 2220. The van der Waals surface area contributed by atoms with Gasteiger partial charge in [-0.2, -0.15) is 0 Å². The van der Waals surface area contributed by atoms with Gasteiger partial charge in [-0.05, 0) is 141 Å². The highest BCUT2D eigenvalue weighted by atomic mass is 16.7. The van der Waals surface area contributed by atoms with Crippen LogP contribution in [0.3, 0.4) is 0 Å². The molecule has 8 fully saturated rings. The van der Waals surface area contributed by atoms with Gasteiger partial charge in [0.25, 0.3) is 0 Å². The summed E-state index contributed by atoms with van der Waals surface area (Å²) in [5.41, 5.74) is 3.68. The normalized spacial score (nSPS) is 47.2. The van der Waals surface area contributed by atoms with Crippen molar-refractivity contribution in [2.24, 2.45) is 79.1 Å². The van der Waals surface area contributed by atoms with E-state index in [0.29, 0.717) is 83.2 Å². The lowest BCUT2D eigenvalue weighted by molar-refractivity contribution is -0.340. The molecule has 0 aromatic carbocycles. The van der Waals surface area contributed by atoms with E-state index in [1.54, 1.807) is 12.5 Å². The van der Waals surface area contributed by atoms with Crippen LogP contribution < -0.4 is 16.4 Å². The molecule has 1 aromatic heterocycles. The predicted molar refractivity (Wildman–Crippen MR) is 273 cm³/mol. The molecule has 21 unspecified atom stereocenters. The molecule has 13 N–H and O–H groups in total. The lowest BCUT2D eigenvalue weighted by Gasteiger charge is -2.73. The summed E-state index contributed by atoms with van der Waals surface area (Å²) in [6.45, 7) is 10.9. The highest BCUT2D eigenvalue weighted by Crippen LogP contribution is 2.77. The van der Waals surface area contributed by atoms with Gasteiger partial charge in [0.05, 0.1) is 42.6 Å². The van der Waals surface area contributed by atoms with E-state index in [0.717, 1.165) is 50.6 Å². The molecule has 21 atom stereocenters. The van der Waals surface area contributed by atoms with E-state index in [-0.39, 0.29) is 61.2 Å². The number of hydrogen-bond donors (Lipinski definition) is 12. The Balaban J connectivity index is 1.10. The lowest BCUT2D eigenvalue weighted by Crippen LogP contribution is -2.72. The van der Waals surface area contributed by atoms with Crippen LogP contribution in [0.2, 0.25) is 0 Å². The molecule has 17 nitrogen and oxygen atoms in total. The molecule has 1 aromatic rings. The summed E-state index contributed by atoms with van der Waals surface area (Å²) in [5.74, 6) is -2.97. The number of carboxylic acid groups (broad SMARTS) is 1. The van der Waals surface area contributed by atoms with Crippen molar-refractivity contribution < 1.29 is 59.9 Å². The third-order valence-electron chi connectivity index (χ3n) is 23.8. The van der Waals surface area contributed by atoms with E-state index in [4.69, 9.17) is 15.2 Å². The fourth-order valence-corrected chi connectivity index (χ4v) is 19.2. The monoisotopic (exact) mass is 1040 g/mol. The predicted octanol–water partition coefficient (Wildman–Crippen LogP) is 4.23. The second-order valence-electron chi connectivity index (χ2n) is 27.1. The van der Waals surface area contributed by atoms with E-state index in [9.17, 15) is 45.6 Å². The molecule has 6 saturated carbocycles. The number of aromatic nitrogens is 2. The quantitative estimate of drug-likeness (QED) is 0.0665. The first-order valence-electron chi connectivity index (χ1n) is 28.7. The number of aliphatic hydroxyl groups excluding tert-OH is 7. The smallest absolute Gasteiger partial charge is 0.310 e. The van der Waals surface area contributed by atoms with Gasteiger partial charge in [-0.15, -0.1) is 0 Å². The van der Waals surface area contributed by atoms with E-state index in [1.807, 2.05) is 6.92 Å². The maximum Gasteiger partial charge on any atom is 0.310 e. The number of ether oxygens (including phenoxy) is 2. The van der Waals surface area contributed by atoms with Gasteiger partial charge in [-0.1, -0.05) is 72.0 Å². The zero-order valence-corrected chi connectivity index (χ0v) is 44.8. The fraction of sp³-hybridized carbons (Fsp3) is 0.877. The number of aliphatic carboxylic acids is 1. The van der Waals surface area contributed by atoms with E-state index in [2.05, 4.69) is 54.4 Å². The lowest BCUT2D eigenvalue weighted by atomic mass is 9.31. The maximum absolute atomic E-state index is 15.1. The number of nitrogens with two attached hydrogens (primary N) is 1. The molecule has 7 aliphatic carbocycles. The van der Waals surface area contributed by atoms with E-state index in [1.165, 1.54) is 5.57 Å². The number of aromatic amines is 1. The number of carbonyl (C=O) groups is 2. The van der Waals surface area contributed by atoms with Gasteiger partial charge in [0.2, 0.25) is 5.91 Å². The first kappa shape index (κ1) is 54.8. The number of hydrogen-bond acceptors (Lipinski definition) is 14. The van der Waals surface area contributed by atoms with Crippen molar-refractivity contribution in [3.63, 3.8) is 0 Å². The number of H-pyrrole nitrogens is 1. The molecule has 10 rings (SSSR count). The summed E-state index contributed by atoms with van der Waals surface area (Å²) in [6, 6.07) is -0.100. The zero-order valence-electron chi connectivity index (χ0n) is 44.8. The summed E-state index contributed by atoms with van der Waals surface area (Å²) >= 11 is 0. The van der Waals surface area contributed by atoms with Gasteiger partial charge >= 0.3 is 5.97 Å². The molecule has 0 bridgehead atoms. The SMILES string of the molecule is CC1(CO)CCC2(C(=O)O)CCC3(C)C(=CCC4C5(C)C(CC6C(C(CC(CNC7CCCC7)C(N)O)c7cnc[nH]7)NC(=O)C67CCCC7)C(O)C(OC6OCC(O)C(O)C6O)C(C)(CO)C5CCC43C)C2C1. The van der Waals surface area contributed by atoms with Gasteiger partial charge in [-0.25, -0.2) is 4.98 Å². The van der Waals surface area contributed by atoms with Crippen molar-refractivity contribution in [2.45, 2.75) is 211 Å². The molecular formula is C57H91N5O12. The number of fused-ring (bicyclic) bond motifs is 7. The van der Waals surface area contributed by atoms with Crippen molar-refractivity contribution in [3.05, 3.63) is 29.9 Å². The van der Waals surface area contributed by atoms with Crippen LogP contribution in [0.4, 0.5) is 0 Å². The fourth-order valence-electron chi connectivity index (χ4n) is 19.2. The second-order valence-corrected chi connectivity index (χ2v) is 27.1. The number of carbonyl (C=O) groups excluding carboxylic acids is 1. The Morgan fingerprint density at radius 3 is 2.27 bits per heavy atom. The molecule has 17 heteroatoms. The van der Waals surface area contributed by atoms with Crippen LogP contribution in [0, 0.1) is 73.4 Å². The summed E-state index contributed by atoms with van der Waals surface area (Å²) in [4.78, 5) is 36.5. The van der Waals surface area contributed by atoms with Crippen molar-refractivity contribution in [2.75, 3.05) is 26.4 Å². The van der Waals surface area contributed by atoms with Crippen molar-refractivity contribution in [3.8, 4) is 0 Å². The van der Waals surface area contributed by atoms with Crippen LogP contribution in [0.25, 0.3) is 0 Å². The minimum absolute atomic E-state index is 0.00701. The minimum atomic E-state index is -1.64. The van der Waals surface area contributed by atoms with Gasteiger partial charge < -0.3 is 71.7 Å². The van der Waals surface area contributed by atoms with Gasteiger partial charge in [0.1, 0.15) is 24.5 Å². The zero-order chi connectivity index (χ0) is 53.0. The Morgan fingerprint density at radius 2 is 1.62 bits per heavy atom. The van der Waals surface area contributed by atoms with Gasteiger partial charge in [0.15, 0.2) is 6.29 Å². The first-order valence-corrected chi connectivity index (χ1v) is 28.7. The Kier molecular flexibility index (Phi) is 14.8. The Hall–Kier alpha value is -2.55. The summed E-state index contributed by atoms with van der Waals surface area (Å²) in [7, 11) is 0. The van der Waals surface area contributed by atoms with E-state index < -0.39 is 98.9 Å². The largest absolute Gasteiger partial charge is 0.481 e. The third kappa shape index (κ3) is 8.35. The van der Waals surface area contributed by atoms with Gasteiger partial charge in [-0.3, -0.25) is 9.59 Å². The number of aliphatic hydroxyl groups is 7. The number of rotatable bonds is 15. The van der Waals surface area contributed by atoms with Crippen LogP contribution in [-0.2, 0) is 19.1 Å². The highest BCUT2D eigenvalue weighted by Gasteiger charge is 2.74. The number of nitrogens with one attached hydrogen (secondary N) is 3. The molecule has 2 aliphatic heterocycles. The molecule has 1 spiro atoms. The molecule has 2 saturated heterocycles. The molecule has 74 heavy (non-hydrogen) atoms. The summed E-state index contributed by atoms with van der Waals surface area (Å²) in [5, 5.41) is 98.8. The standard InChI is InChI=1S/C57H91N5O12/c1-51(28-63)18-20-57(50(71)72)21-19-53(3)34(37(57)24-51)12-13-41-54(53,4)17-14-40-52(2,29-64)46(74-48-45(68)44(67)39(65)27-73-48)43(66)36(55(40,41)5)23-35-42(62-49(70)56(35)15-8-9-16-56)33(38-26-59-30-61-38)22-31(47(58)69)25-60-32-10-6-7-11-32/h12,26,30-33,35-37,39-48,60,63-69H,6-11,13-25,27-29,58H2,1-5H3,(H,59,61)(H,62,70)(H,71,72). The minimum Gasteiger partial charge on any atom is -0.481 e. The van der Waals surface area contributed by atoms with Crippen molar-refractivity contribution in [1.82, 2.24) is 20.6 Å². The van der Waals surface area contributed by atoms with Gasteiger partial charge in [0, 0.05) is 54.4 Å². The number of amides is 1. The average Bonchev–Trinajstić information content (AvgIpc) is 4.25. The topological polar surface area (TPSA) is 293 Å². The first-order chi connectivity index (χ1) is 35.1. The molecular weight excluding hydrogens is 947 g/mol. The second kappa shape index (κ2) is 20.0. The van der Waals surface area contributed by atoms with Crippen LogP contribution in [0.15, 0.2) is 24.2 Å². The number of carboxylic acids is 1. The molecule has 0 radical (unpaired) electrons. The summed E-state index contributed by atoms with van der Waals surface area (Å²) < 4.78 is 12.7. The molecule has 9 aliphatic rings. The number of nitrogens with zero attached hydrogens (tertiary/aromatic N) is 1. The third-order valence-corrected chi connectivity index (χ3v) is 23.8. The highest BCUT2D eigenvalue weighted by molar-refractivity contribution is 5.86. The average molecular weight is 1040 g/mol.